The van der Waals surface area contributed by atoms with Crippen molar-refractivity contribution >= 4 is 27.5 Å². The van der Waals surface area contributed by atoms with Crippen molar-refractivity contribution in [2.75, 3.05) is 0 Å². The molecule has 0 spiro atoms. The van der Waals surface area contributed by atoms with Gasteiger partial charge in [-0.3, -0.25) is 0 Å². The molecular formula is C10H14BrClN2. The van der Waals surface area contributed by atoms with Crippen LogP contribution in [0.15, 0.2) is 16.9 Å². The van der Waals surface area contributed by atoms with E-state index in [2.05, 4.69) is 39.7 Å². The third-order valence-corrected chi connectivity index (χ3v) is 2.83. The number of alkyl halides is 1. The minimum Gasteiger partial charge on any atom is -0.240 e. The Morgan fingerprint density at radius 1 is 1.21 bits per heavy atom. The van der Waals surface area contributed by atoms with Crippen molar-refractivity contribution in [3.8, 4) is 0 Å². The fourth-order valence-electron chi connectivity index (χ4n) is 1.53. The largest absolute Gasteiger partial charge is 0.240 e. The summed E-state index contributed by atoms with van der Waals surface area (Å²) < 4.78 is 0.894. The van der Waals surface area contributed by atoms with Gasteiger partial charge in [0.2, 0.25) is 0 Å². The summed E-state index contributed by atoms with van der Waals surface area (Å²) in [4.78, 5) is 8.56. The van der Waals surface area contributed by atoms with E-state index in [9.17, 15) is 0 Å². The minimum atomic E-state index is 0.0520. The number of halogens is 2. The van der Waals surface area contributed by atoms with E-state index >= 15 is 0 Å². The van der Waals surface area contributed by atoms with Crippen LogP contribution in [-0.2, 0) is 0 Å². The molecule has 0 radical (unpaired) electrons. The summed E-state index contributed by atoms with van der Waals surface area (Å²) in [5.74, 6) is 1.49. The molecule has 0 fully saturated rings. The Balaban J connectivity index is 2.94. The molecule has 0 N–H and O–H groups in total. The predicted molar refractivity (Wildman–Crippen MR) is 62.6 cm³/mol. The standard InChI is InChI=1S/C10H14BrClN2/c1-6(2)9(7(3)12)10-13-4-8(11)5-14-10/h4-7,9H,1-3H3. The van der Waals surface area contributed by atoms with Crippen molar-refractivity contribution < 1.29 is 0 Å². The zero-order chi connectivity index (χ0) is 10.7. The topological polar surface area (TPSA) is 25.8 Å². The van der Waals surface area contributed by atoms with Crippen LogP contribution in [0, 0.1) is 5.92 Å². The van der Waals surface area contributed by atoms with Crippen molar-refractivity contribution in [2.24, 2.45) is 5.92 Å². The summed E-state index contributed by atoms with van der Waals surface area (Å²) in [6.45, 7) is 6.25. The Bertz CT molecular complexity index is 277. The van der Waals surface area contributed by atoms with Crippen LogP contribution in [0.4, 0.5) is 0 Å². The number of aromatic nitrogens is 2. The van der Waals surface area contributed by atoms with Crippen LogP contribution in [0.25, 0.3) is 0 Å². The maximum absolute atomic E-state index is 6.12. The molecule has 1 heterocycles. The SMILES string of the molecule is CC(C)C(c1ncc(Br)cn1)C(C)Cl. The third kappa shape index (κ3) is 2.92. The second-order valence-corrected chi connectivity index (χ2v) is 5.31. The highest BCUT2D eigenvalue weighted by atomic mass is 79.9. The van der Waals surface area contributed by atoms with Gasteiger partial charge in [0.05, 0.1) is 4.47 Å². The van der Waals surface area contributed by atoms with Gasteiger partial charge in [0.15, 0.2) is 0 Å². The summed E-state index contributed by atoms with van der Waals surface area (Å²) in [6.07, 6.45) is 3.52. The van der Waals surface area contributed by atoms with E-state index in [1.54, 1.807) is 12.4 Å². The van der Waals surface area contributed by atoms with Crippen LogP contribution in [-0.4, -0.2) is 15.3 Å². The maximum atomic E-state index is 6.12. The molecule has 1 aromatic rings. The molecule has 2 atom stereocenters. The lowest BCUT2D eigenvalue weighted by Crippen LogP contribution is -2.18. The molecule has 0 aliphatic heterocycles. The number of hydrogen-bond acceptors (Lipinski definition) is 2. The molecule has 1 aromatic heterocycles. The van der Waals surface area contributed by atoms with Crippen LogP contribution in [0.1, 0.15) is 32.5 Å². The number of nitrogens with zero attached hydrogens (tertiary/aromatic N) is 2. The van der Waals surface area contributed by atoms with Gasteiger partial charge in [-0.25, -0.2) is 9.97 Å². The first-order valence-corrected chi connectivity index (χ1v) is 5.86. The van der Waals surface area contributed by atoms with E-state index in [0.717, 1.165) is 10.3 Å². The molecule has 2 nitrogen and oxygen atoms in total. The lowest BCUT2D eigenvalue weighted by atomic mass is 9.92. The molecule has 4 heteroatoms. The summed E-state index contributed by atoms with van der Waals surface area (Å²) in [7, 11) is 0. The Labute approximate surface area is 98.2 Å². The van der Waals surface area contributed by atoms with Crippen molar-refractivity contribution in [3.05, 3.63) is 22.7 Å². The molecule has 0 aromatic carbocycles. The first-order chi connectivity index (χ1) is 6.52. The van der Waals surface area contributed by atoms with E-state index in [-0.39, 0.29) is 11.3 Å². The predicted octanol–water partition coefficient (Wildman–Crippen LogP) is 3.61. The summed E-state index contributed by atoms with van der Waals surface area (Å²) in [5, 5.41) is 0.0520. The van der Waals surface area contributed by atoms with Gasteiger partial charge >= 0.3 is 0 Å². The van der Waals surface area contributed by atoms with E-state index in [1.807, 2.05) is 6.92 Å². The number of hydrogen-bond donors (Lipinski definition) is 0. The fraction of sp³-hybridized carbons (Fsp3) is 0.600. The molecule has 0 bridgehead atoms. The van der Waals surface area contributed by atoms with Gasteiger partial charge in [-0.15, -0.1) is 11.6 Å². The van der Waals surface area contributed by atoms with Crippen molar-refractivity contribution in [1.82, 2.24) is 9.97 Å². The van der Waals surface area contributed by atoms with E-state index in [0.29, 0.717) is 5.92 Å². The van der Waals surface area contributed by atoms with Gasteiger partial charge in [0, 0.05) is 23.7 Å². The smallest absolute Gasteiger partial charge is 0.133 e. The lowest BCUT2D eigenvalue weighted by molar-refractivity contribution is 0.468. The van der Waals surface area contributed by atoms with Gasteiger partial charge < -0.3 is 0 Å². The average molecular weight is 278 g/mol. The van der Waals surface area contributed by atoms with Gasteiger partial charge in [-0.2, -0.15) is 0 Å². The minimum absolute atomic E-state index is 0.0520. The Morgan fingerprint density at radius 3 is 2.07 bits per heavy atom. The molecule has 0 aliphatic carbocycles. The van der Waals surface area contributed by atoms with E-state index in [1.165, 1.54) is 0 Å². The molecule has 0 aliphatic rings. The summed E-state index contributed by atoms with van der Waals surface area (Å²) >= 11 is 9.43. The maximum Gasteiger partial charge on any atom is 0.133 e. The highest BCUT2D eigenvalue weighted by molar-refractivity contribution is 9.10. The van der Waals surface area contributed by atoms with Gasteiger partial charge in [0.1, 0.15) is 5.82 Å². The van der Waals surface area contributed by atoms with Crippen LogP contribution in [0.2, 0.25) is 0 Å². The van der Waals surface area contributed by atoms with Crippen LogP contribution in [0.5, 0.6) is 0 Å². The summed E-state index contributed by atoms with van der Waals surface area (Å²) in [6, 6.07) is 0. The van der Waals surface area contributed by atoms with Crippen molar-refractivity contribution in [3.63, 3.8) is 0 Å². The Kier molecular flexibility index (Phi) is 4.32. The van der Waals surface area contributed by atoms with E-state index < -0.39 is 0 Å². The molecule has 2 unspecified atom stereocenters. The molecule has 1 rings (SSSR count). The monoisotopic (exact) mass is 276 g/mol. The molecule has 14 heavy (non-hydrogen) atoms. The van der Waals surface area contributed by atoms with E-state index in [4.69, 9.17) is 11.6 Å². The lowest BCUT2D eigenvalue weighted by Gasteiger charge is -2.21. The number of rotatable bonds is 3. The van der Waals surface area contributed by atoms with Crippen molar-refractivity contribution in [2.45, 2.75) is 32.1 Å². The van der Waals surface area contributed by atoms with Gasteiger partial charge in [-0.05, 0) is 28.8 Å². The fourth-order valence-corrected chi connectivity index (χ4v) is 2.14. The highest BCUT2D eigenvalue weighted by Gasteiger charge is 2.23. The second-order valence-electron chi connectivity index (χ2n) is 3.71. The Hall–Kier alpha value is -0.150. The van der Waals surface area contributed by atoms with Crippen LogP contribution < -0.4 is 0 Å². The second kappa shape index (κ2) is 5.08. The third-order valence-electron chi connectivity index (χ3n) is 2.15. The summed E-state index contributed by atoms with van der Waals surface area (Å²) in [5.41, 5.74) is 0. The first-order valence-electron chi connectivity index (χ1n) is 4.64. The highest BCUT2D eigenvalue weighted by Crippen LogP contribution is 2.28. The van der Waals surface area contributed by atoms with Crippen LogP contribution in [0.3, 0.4) is 0 Å². The zero-order valence-corrected chi connectivity index (χ0v) is 10.9. The van der Waals surface area contributed by atoms with Gasteiger partial charge in [0.25, 0.3) is 0 Å². The molecular weight excluding hydrogens is 263 g/mol. The first kappa shape index (κ1) is 11.9. The molecule has 78 valence electrons. The van der Waals surface area contributed by atoms with Gasteiger partial charge in [-0.1, -0.05) is 13.8 Å². The molecule has 0 amide bonds. The quantitative estimate of drug-likeness (QED) is 0.789. The molecule has 0 saturated heterocycles. The van der Waals surface area contributed by atoms with Crippen molar-refractivity contribution in [1.29, 1.82) is 0 Å². The zero-order valence-electron chi connectivity index (χ0n) is 8.54. The van der Waals surface area contributed by atoms with Crippen LogP contribution >= 0.6 is 27.5 Å². The average Bonchev–Trinajstić information content (AvgIpc) is 2.07. The Morgan fingerprint density at radius 2 is 1.71 bits per heavy atom. The molecule has 0 saturated carbocycles. The normalized spacial score (nSPS) is 15.6.